The number of para-hydroxylation sites is 1. The van der Waals surface area contributed by atoms with Crippen molar-refractivity contribution < 1.29 is 4.79 Å². The number of carbonyl (C=O) groups excluding carboxylic acids is 1. The Morgan fingerprint density at radius 3 is 3.00 bits per heavy atom. The highest BCUT2D eigenvalue weighted by atomic mass is 16.2. The van der Waals surface area contributed by atoms with Crippen LogP contribution in [-0.4, -0.2) is 59.0 Å². The van der Waals surface area contributed by atoms with Crippen molar-refractivity contribution in [3.05, 3.63) is 36.5 Å². The summed E-state index contributed by atoms with van der Waals surface area (Å²) < 4.78 is 0. The molecule has 4 rings (SSSR count). The molecule has 0 spiro atoms. The van der Waals surface area contributed by atoms with Crippen LogP contribution in [0.25, 0.3) is 10.9 Å². The molecule has 2 atom stereocenters. The number of fused-ring (bicyclic) bond motifs is 1. The first-order chi connectivity index (χ1) is 12.2. The summed E-state index contributed by atoms with van der Waals surface area (Å²) in [5.74, 6) is 0.290. The number of carbonyl (C=O) groups is 1. The molecule has 0 saturated carbocycles. The first kappa shape index (κ1) is 16.3. The molecule has 2 aliphatic rings. The van der Waals surface area contributed by atoms with E-state index in [-0.39, 0.29) is 5.91 Å². The maximum atomic E-state index is 12.5. The molecule has 3 heterocycles. The van der Waals surface area contributed by atoms with Crippen LogP contribution in [0.2, 0.25) is 0 Å². The lowest BCUT2D eigenvalue weighted by atomic mass is 10.2. The fraction of sp³-hybridized carbons (Fsp3) is 0.500. The highest BCUT2D eigenvalue weighted by Gasteiger charge is 2.29. The van der Waals surface area contributed by atoms with Crippen molar-refractivity contribution in [2.24, 2.45) is 0 Å². The predicted octanol–water partition coefficient (Wildman–Crippen LogP) is 2.73. The van der Waals surface area contributed by atoms with Crippen molar-refractivity contribution in [1.82, 2.24) is 14.8 Å². The Kier molecular flexibility index (Phi) is 4.57. The van der Waals surface area contributed by atoms with Crippen LogP contribution >= 0.6 is 0 Å². The third-order valence-electron chi connectivity index (χ3n) is 5.47. The van der Waals surface area contributed by atoms with Crippen molar-refractivity contribution >= 4 is 22.5 Å². The summed E-state index contributed by atoms with van der Waals surface area (Å²) in [6.45, 7) is 5.54. The molecule has 1 aromatic carbocycles. The van der Waals surface area contributed by atoms with E-state index in [4.69, 9.17) is 0 Å². The summed E-state index contributed by atoms with van der Waals surface area (Å²) in [7, 11) is 0. The Hall–Kier alpha value is -2.14. The van der Waals surface area contributed by atoms with E-state index in [9.17, 15) is 4.79 Å². The van der Waals surface area contributed by atoms with Gasteiger partial charge in [0.1, 0.15) is 0 Å². The zero-order valence-electron chi connectivity index (χ0n) is 14.8. The van der Waals surface area contributed by atoms with E-state index in [0.717, 1.165) is 55.5 Å². The van der Waals surface area contributed by atoms with Crippen molar-refractivity contribution in [2.75, 3.05) is 31.5 Å². The molecule has 0 radical (unpaired) electrons. The molecule has 0 bridgehead atoms. The lowest BCUT2D eigenvalue weighted by Gasteiger charge is -2.24. The molecule has 2 fully saturated rings. The Morgan fingerprint density at radius 1 is 1.28 bits per heavy atom. The van der Waals surface area contributed by atoms with Gasteiger partial charge < -0.3 is 10.2 Å². The number of hydrogen-bond acceptors (Lipinski definition) is 4. The quantitative estimate of drug-likeness (QED) is 0.931. The van der Waals surface area contributed by atoms with Gasteiger partial charge >= 0.3 is 0 Å². The average Bonchev–Trinajstić information content (AvgIpc) is 3.23. The minimum absolute atomic E-state index is 0.290. The van der Waals surface area contributed by atoms with Crippen molar-refractivity contribution in [3.8, 4) is 0 Å². The molecule has 1 amide bonds. The number of pyridine rings is 1. The van der Waals surface area contributed by atoms with Crippen LogP contribution in [-0.2, 0) is 4.79 Å². The standard InChI is InChI=1S/C20H26N4O/c1-15-5-4-9-24(15)20(25)14-23-10-8-17(13-23)22-18-11-16-6-2-3-7-19(16)21-12-18/h2-3,6-7,11-12,15,17,22H,4-5,8-10,13-14H2,1H3/t15-,17+/m1/s1. The van der Waals surface area contributed by atoms with Gasteiger partial charge in [0.05, 0.1) is 23.9 Å². The average molecular weight is 338 g/mol. The van der Waals surface area contributed by atoms with Gasteiger partial charge in [0.15, 0.2) is 0 Å². The normalized spacial score (nSPS) is 24.1. The van der Waals surface area contributed by atoms with Gasteiger partial charge in [-0.15, -0.1) is 0 Å². The van der Waals surface area contributed by atoms with E-state index in [1.165, 1.54) is 0 Å². The molecule has 5 nitrogen and oxygen atoms in total. The minimum Gasteiger partial charge on any atom is -0.380 e. The highest BCUT2D eigenvalue weighted by Crippen LogP contribution is 2.21. The molecule has 132 valence electrons. The molecule has 0 aliphatic carbocycles. The third-order valence-corrected chi connectivity index (χ3v) is 5.47. The van der Waals surface area contributed by atoms with Gasteiger partial charge in [-0.3, -0.25) is 14.7 Å². The van der Waals surface area contributed by atoms with Crippen LogP contribution < -0.4 is 5.32 Å². The molecule has 0 unspecified atom stereocenters. The highest BCUT2D eigenvalue weighted by molar-refractivity contribution is 5.81. The lowest BCUT2D eigenvalue weighted by molar-refractivity contribution is -0.132. The SMILES string of the molecule is C[C@@H]1CCCN1C(=O)CN1CC[C@H](Nc2cnc3ccccc3c2)C1. The monoisotopic (exact) mass is 338 g/mol. The summed E-state index contributed by atoms with van der Waals surface area (Å²) in [6.07, 6.45) is 5.26. The van der Waals surface area contributed by atoms with Gasteiger partial charge in [0, 0.05) is 37.1 Å². The zero-order valence-corrected chi connectivity index (χ0v) is 14.8. The summed E-state index contributed by atoms with van der Waals surface area (Å²) in [5.41, 5.74) is 2.08. The second-order valence-electron chi connectivity index (χ2n) is 7.36. The van der Waals surface area contributed by atoms with Crippen molar-refractivity contribution in [3.63, 3.8) is 0 Å². The number of nitrogens with zero attached hydrogens (tertiary/aromatic N) is 3. The van der Waals surface area contributed by atoms with Crippen LogP contribution in [0, 0.1) is 0 Å². The number of rotatable bonds is 4. The van der Waals surface area contributed by atoms with E-state index in [1.54, 1.807) is 0 Å². The Bertz CT molecular complexity index is 762. The summed E-state index contributed by atoms with van der Waals surface area (Å²) in [5, 5.41) is 4.74. The van der Waals surface area contributed by atoms with Crippen LogP contribution in [0.4, 0.5) is 5.69 Å². The molecule has 1 N–H and O–H groups in total. The Labute approximate surface area is 149 Å². The number of nitrogens with one attached hydrogen (secondary N) is 1. The number of anilines is 1. The lowest BCUT2D eigenvalue weighted by Crippen LogP contribution is -2.41. The van der Waals surface area contributed by atoms with Gasteiger partial charge in [-0.25, -0.2) is 0 Å². The number of hydrogen-bond donors (Lipinski definition) is 1. The molecular weight excluding hydrogens is 312 g/mol. The second-order valence-corrected chi connectivity index (χ2v) is 7.36. The summed E-state index contributed by atoms with van der Waals surface area (Å²) in [4.78, 5) is 21.3. The molecular formula is C20H26N4O. The van der Waals surface area contributed by atoms with Crippen LogP contribution in [0.3, 0.4) is 0 Å². The maximum Gasteiger partial charge on any atom is 0.236 e. The van der Waals surface area contributed by atoms with Crippen molar-refractivity contribution in [2.45, 2.75) is 38.3 Å². The van der Waals surface area contributed by atoms with Gasteiger partial charge in [0.25, 0.3) is 0 Å². The van der Waals surface area contributed by atoms with Crippen LogP contribution in [0.5, 0.6) is 0 Å². The fourth-order valence-corrected chi connectivity index (χ4v) is 4.07. The van der Waals surface area contributed by atoms with E-state index >= 15 is 0 Å². The third kappa shape index (κ3) is 3.61. The van der Waals surface area contributed by atoms with Crippen LogP contribution in [0.1, 0.15) is 26.2 Å². The molecule has 2 aromatic rings. The van der Waals surface area contributed by atoms with E-state index in [1.807, 2.05) is 29.3 Å². The van der Waals surface area contributed by atoms with E-state index in [0.29, 0.717) is 18.6 Å². The minimum atomic E-state index is 0.290. The predicted molar refractivity (Wildman–Crippen MR) is 101 cm³/mol. The topological polar surface area (TPSA) is 48.5 Å². The molecule has 1 aromatic heterocycles. The zero-order chi connectivity index (χ0) is 17.2. The summed E-state index contributed by atoms with van der Waals surface area (Å²) >= 11 is 0. The number of benzene rings is 1. The Morgan fingerprint density at radius 2 is 2.16 bits per heavy atom. The number of aromatic nitrogens is 1. The smallest absolute Gasteiger partial charge is 0.236 e. The number of amides is 1. The first-order valence-electron chi connectivity index (χ1n) is 9.32. The van der Waals surface area contributed by atoms with Gasteiger partial charge in [-0.1, -0.05) is 18.2 Å². The van der Waals surface area contributed by atoms with Gasteiger partial charge in [-0.05, 0) is 38.3 Å². The summed E-state index contributed by atoms with van der Waals surface area (Å²) in [6, 6.07) is 11.1. The van der Waals surface area contributed by atoms with E-state index in [2.05, 4.69) is 34.3 Å². The molecule has 25 heavy (non-hydrogen) atoms. The molecule has 5 heteroatoms. The Balaban J connectivity index is 1.33. The molecule has 2 saturated heterocycles. The number of likely N-dealkylation sites (tertiary alicyclic amines) is 2. The van der Waals surface area contributed by atoms with E-state index < -0.39 is 0 Å². The first-order valence-corrected chi connectivity index (χ1v) is 9.32. The van der Waals surface area contributed by atoms with Crippen LogP contribution in [0.15, 0.2) is 36.5 Å². The molecule has 2 aliphatic heterocycles. The van der Waals surface area contributed by atoms with Crippen molar-refractivity contribution in [1.29, 1.82) is 0 Å². The second kappa shape index (κ2) is 7.00. The largest absolute Gasteiger partial charge is 0.380 e. The maximum absolute atomic E-state index is 12.5. The van der Waals surface area contributed by atoms with Gasteiger partial charge in [-0.2, -0.15) is 0 Å². The van der Waals surface area contributed by atoms with Gasteiger partial charge in [0.2, 0.25) is 5.91 Å². The fourth-order valence-electron chi connectivity index (χ4n) is 4.07.